The van der Waals surface area contributed by atoms with Gasteiger partial charge in [-0.3, -0.25) is 0 Å². The number of nitrogens with zero attached hydrogens (tertiary/aromatic N) is 2. The largest absolute Gasteiger partial charge is 0.478 e. The Bertz CT molecular complexity index is 552. The highest BCUT2D eigenvalue weighted by atomic mass is 32.1. The predicted molar refractivity (Wildman–Crippen MR) is 83.8 cm³/mol. The van der Waals surface area contributed by atoms with E-state index in [2.05, 4.69) is 46.6 Å². The fourth-order valence-electron chi connectivity index (χ4n) is 1.89. The zero-order valence-corrected chi connectivity index (χ0v) is 13.3. The first-order valence-electron chi connectivity index (χ1n) is 6.77. The van der Waals surface area contributed by atoms with Gasteiger partial charge in [-0.25, -0.2) is 4.98 Å². The molecule has 0 unspecified atom stereocenters. The standard InChI is InChI=1S/C15H21N3OS/c1-5-19-13-9-11(2)17-14(18-13)16-10-15(3,4)12-7-6-8-20-12/h6-9H,5,10H2,1-4H3,(H,16,17,18). The van der Waals surface area contributed by atoms with Crippen LogP contribution in [0, 0.1) is 6.92 Å². The average molecular weight is 291 g/mol. The molecule has 5 heteroatoms. The van der Waals surface area contributed by atoms with Gasteiger partial charge in [-0.15, -0.1) is 11.3 Å². The summed E-state index contributed by atoms with van der Waals surface area (Å²) in [6.07, 6.45) is 0. The Kier molecular flexibility index (Phi) is 4.60. The van der Waals surface area contributed by atoms with Crippen molar-refractivity contribution in [3.63, 3.8) is 0 Å². The van der Waals surface area contributed by atoms with Crippen LogP contribution in [0.15, 0.2) is 23.6 Å². The molecule has 0 aliphatic rings. The van der Waals surface area contributed by atoms with E-state index in [9.17, 15) is 0 Å². The molecule has 0 spiro atoms. The monoisotopic (exact) mass is 291 g/mol. The van der Waals surface area contributed by atoms with Gasteiger partial charge in [-0.05, 0) is 25.3 Å². The zero-order chi connectivity index (χ0) is 14.6. The van der Waals surface area contributed by atoms with Gasteiger partial charge in [0.15, 0.2) is 0 Å². The van der Waals surface area contributed by atoms with E-state index in [4.69, 9.17) is 4.74 Å². The number of anilines is 1. The number of aromatic nitrogens is 2. The van der Waals surface area contributed by atoms with Gasteiger partial charge in [0.1, 0.15) is 0 Å². The lowest BCUT2D eigenvalue weighted by atomic mass is 9.91. The molecule has 4 nitrogen and oxygen atoms in total. The fraction of sp³-hybridized carbons (Fsp3) is 0.467. The smallest absolute Gasteiger partial charge is 0.226 e. The normalized spacial score (nSPS) is 11.4. The Hall–Kier alpha value is -1.62. The van der Waals surface area contributed by atoms with Crippen LogP contribution in [0.1, 0.15) is 31.3 Å². The zero-order valence-electron chi connectivity index (χ0n) is 12.4. The van der Waals surface area contributed by atoms with Gasteiger partial charge in [0.2, 0.25) is 11.8 Å². The van der Waals surface area contributed by atoms with Crippen LogP contribution < -0.4 is 10.1 Å². The minimum absolute atomic E-state index is 0.0487. The molecule has 20 heavy (non-hydrogen) atoms. The third-order valence-corrected chi connectivity index (χ3v) is 4.24. The van der Waals surface area contributed by atoms with Crippen molar-refractivity contribution in [1.82, 2.24) is 9.97 Å². The molecule has 2 heterocycles. The Labute approximate surface area is 124 Å². The highest BCUT2D eigenvalue weighted by Crippen LogP contribution is 2.27. The van der Waals surface area contributed by atoms with E-state index in [1.165, 1.54) is 4.88 Å². The minimum Gasteiger partial charge on any atom is -0.478 e. The van der Waals surface area contributed by atoms with Crippen LogP contribution in [0.25, 0.3) is 0 Å². The van der Waals surface area contributed by atoms with Crippen molar-refractivity contribution in [2.24, 2.45) is 0 Å². The molecule has 108 valence electrons. The highest BCUT2D eigenvalue weighted by Gasteiger charge is 2.21. The average Bonchev–Trinajstić information content (AvgIpc) is 2.91. The van der Waals surface area contributed by atoms with Crippen molar-refractivity contribution in [3.8, 4) is 5.88 Å². The van der Waals surface area contributed by atoms with E-state index >= 15 is 0 Å². The van der Waals surface area contributed by atoms with E-state index in [1.807, 2.05) is 19.9 Å². The summed E-state index contributed by atoms with van der Waals surface area (Å²) in [6.45, 7) is 9.71. The molecule has 0 atom stereocenters. The molecule has 0 aromatic carbocycles. The molecule has 0 bridgehead atoms. The van der Waals surface area contributed by atoms with Gasteiger partial charge in [0.05, 0.1) is 6.61 Å². The summed E-state index contributed by atoms with van der Waals surface area (Å²) < 4.78 is 5.44. The molecule has 0 fully saturated rings. The van der Waals surface area contributed by atoms with Crippen LogP contribution >= 0.6 is 11.3 Å². The number of hydrogen-bond donors (Lipinski definition) is 1. The van der Waals surface area contributed by atoms with Crippen LogP contribution in [0.4, 0.5) is 5.95 Å². The van der Waals surface area contributed by atoms with E-state index in [-0.39, 0.29) is 5.41 Å². The number of rotatable bonds is 6. The molecule has 0 saturated carbocycles. The summed E-state index contributed by atoms with van der Waals surface area (Å²) in [5, 5.41) is 5.42. The lowest BCUT2D eigenvalue weighted by Crippen LogP contribution is -2.27. The van der Waals surface area contributed by atoms with Gasteiger partial charge >= 0.3 is 0 Å². The molecule has 0 saturated heterocycles. The second-order valence-corrected chi connectivity index (χ2v) is 6.27. The van der Waals surface area contributed by atoms with Crippen LogP contribution in [0.5, 0.6) is 5.88 Å². The van der Waals surface area contributed by atoms with Crippen LogP contribution in [-0.2, 0) is 5.41 Å². The van der Waals surface area contributed by atoms with Crippen molar-refractivity contribution in [3.05, 3.63) is 34.2 Å². The summed E-state index contributed by atoms with van der Waals surface area (Å²) in [6, 6.07) is 6.09. The lowest BCUT2D eigenvalue weighted by molar-refractivity contribution is 0.326. The SMILES string of the molecule is CCOc1cc(C)nc(NCC(C)(C)c2cccs2)n1. The summed E-state index contributed by atoms with van der Waals surface area (Å²) >= 11 is 1.77. The summed E-state index contributed by atoms with van der Waals surface area (Å²) in [7, 11) is 0. The molecule has 2 aromatic rings. The Morgan fingerprint density at radius 2 is 2.15 bits per heavy atom. The van der Waals surface area contributed by atoms with Gasteiger partial charge in [0, 0.05) is 28.6 Å². The Morgan fingerprint density at radius 3 is 2.80 bits per heavy atom. The van der Waals surface area contributed by atoms with E-state index < -0.39 is 0 Å². The predicted octanol–water partition coefficient (Wildman–Crippen LogP) is 3.63. The topological polar surface area (TPSA) is 47.0 Å². The first kappa shape index (κ1) is 14.8. The molecule has 0 aliphatic carbocycles. The number of aryl methyl sites for hydroxylation is 1. The van der Waals surface area contributed by atoms with Gasteiger partial charge in [0.25, 0.3) is 0 Å². The summed E-state index contributed by atoms with van der Waals surface area (Å²) in [5.74, 6) is 1.24. The molecular formula is C15H21N3OS. The quantitative estimate of drug-likeness (QED) is 0.882. The van der Waals surface area contributed by atoms with Crippen LogP contribution in [-0.4, -0.2) is 23.1 Å². The first-order valence-corrected chi connectivity index (χ1v) is 7.65. The van der Waals surface area contributed by atoms with Crippen molar-refractivity contribution in [1.29, 1.82) is 0 Å². The molecule has 2 aromatic heterocycles. The van der Waals surface area contributed by atoms with E-state index in [0.717, 1.165) is 12.2 Å². The molecule has 1 N–H and O–H groups in total. The first-order chi connectivity index (χ1) is 9.51. The molecule has 0 radical (unpaired) electrons. The maximum absolute atomic E-state index is 5.44. The second kappa shape index (κ2) is 6.22. The van der Waals surface area contributed by atoms with E-state index in [1.54, 1.807) is 11.3 Å². The molecular weight excluding hydrogens is 270 g/mol. The van der Waals surface area contributed by atoms with Crippen molar-refractivity contribution < 1.29 is 4.74 Å². The Morgan fingerprint density at radius 1 is 1.35 bits per heavy atom. The minimum atomic E-state index is 0.0487. The maximum atomic E-state index is 5.44. The molecule has 2 rings (SSSR count). The number of hydrogen-bond acceptors (Lipinski definition) is 5. The molecule has 0 aliphatic heterocycles. The Balaban J connectivity index is 2.07. The lowest BCUT2D eigenvalue weighted by Gasteiger charge is -2.23. The number of nitrogens with one attached hydrogen (secondary N) is 1. The van der Waals surface area contributed by atoms with Crippen LogP contribution in [0.2, 0.25) is 0 Å². The van der Waals surface area contributed by atoms with Crippen molar-refractivity contribution >= 4 is 17.3 Å². The third-order valence-electron chi connectivity index (χ3n) is 3.00. The van der Waals surface area contributed by atoms with Gasteiger partial charge < -0.3 is 10.1 Å². The van der Waals surface area contributed by atoms with E-state index in [0.29, 0.717) is 18.4 Å². The molecule has 0 amide bonds. The second-order valence-electron chi connectivity index (χ2n) is 5.32. The fourth-order valence-corrected chi connectivity index (χ4v) is 2.74. The summed E-state index contributed by atoms with van der Waals surface area (Å²) in [4.78, 5) is 10.1. The van der Waals surface area contributed by atoms with Gasteiger partial charge in [-0.1, -0.05) is 19.9 Å². The van der Waals surface area contributed by atoms with Crippen LogP contribution in [0.3, 0.4) is 0 Å². The number of thiophene rings is 1. The van der Waals surface area contributed by atoms with Crippen molar-refractivity contribution in [2.75, 3.05) is 18.5 Å². The number of ether oxygens (including phenoxy) is 1. The summed E-state index contributed by atoms with van der Waals surface area (Å²) in [5.41, 5.74) is 0.951. The maximum Gasteiger partial charge on any atom is 0.226 e. The highest BCUT2D eigenvalue weighted by molar-refractivity contribution is 7.10. The van der Waals surface area contributed by atoms with Gasteiger partial charge in [-0.2, -0.15) is 4.98 Å². The third kappa shape index (κ3) is 3.70. The van der Waals surface area contributed by atoms with Crippen molar-refractivity contribution in [2.45, 2.75) is 33.1 Å².